The first-order valence-electron chi connectivity index (χ1n) is 12.9. The fraction of sp³-hybridized carbons (Fsp3) is 0.714. The third kappa shape index (κ3) is 6.80. The van der Waals surface area contributed by atoms with Crippen molar-refractivity contribution in [2.24, 2.45) is 17.8 Å². The van der Waals surface area contributed by atoms with Gasteiger partial charge in [-0.05, 0) is 106 Å². The SMILES string of the molecule is C/C=C\CC1CCC(C2CCC(c3ccc(OCCCCCC)c(F)c3F)CC2)CC1. The molecule has 3 rings (SSSR count). The summed E-state index contributed by atoms with van der Waals surface area (Å²) < 4.78 is 34.9. The molecule has 0 saturated heterocycles. The summed E-state index contributed by atoms with van der Waals surface area (Å²) >= 11 is 0. The number of hydrogen-bond acceptors (Lipinski definition) is 1. The molecule has 0 unspecified atom stereocenters. The lowest BCUT2D eigenvalue weighted by Gasteiger charge is -2.38. The van der Waals surface area contributed by atoms with Crippen molar-refractivity contribution in [3.63, 3.8) is 0 Å². The Morgan fingerprint density at radius 3 is 2.19 bits per heavy atom. The fourth-order valence-corrected chi connectivity index (χ4v) is 5.81. The molecule has 2 saturated carbocycles. The molecule has 0 bridgehead atoms. The van der Waals surface area contributed by atoms with E-state index in [9.17, 15) is 8.78 Å². The maximum absolute atomic E-state index is 14.8. The van der Waals surface area contributed by atoms with Crippen LogP contribution in [0.2, 0.25) is 0 Å². The molecule has 2 aliphatic rings. The first-order valence-corrected chi connectivity index (χ1v) is 12.9. The molecule has 2 fully saturated rings. The molecule has 0 radical (unpaired) electrons. The highest BCUT2D eigenvalue weighted by Crippen LogP contribution is 2.45. The Bertz CT molecular complexity index is 682. The van der Waals surface area contributed by atoms with E-state index >= 15 is 0 Å². The second kappa shape index (κ2) is 12.6. The largest absolute Gasteiger partial charge is 0.490 e. The van der Waals surface area contributed by atoms with Gasteiger partial charge in [-0.25, -0.2) is 4.39 Å². The summed E-state index contributed by atoms with van der Waals surface area (Å²) in [7, 11) is 0. The predicted octanol–water partition coefficient (Wildman–Crippen LogP) is 8.97. The molecular weight excluding hydrogens is 390 g/mol. The number of allylic oxidation sites excluding steroid dienone is 2. The normalized spacial score (nSPS) is 27.0. The maximum atomic E-state index is 14.8. The maximum Gasteiger partial charge on any atom is 0.200 e. The average Bonchev–Trinajstić information content (AvgIpc) is 2.81. The highest BCUT2D eigenvalue weighted by molar-refractivity contribution is 5.33. The third-order valence-electron chi connectivity index (χ3n) is 7.81. The van der Waals surface area contributed by atoms with Gasteiger partial charge in [0.1, 0.15) is 0 Å². The number of unbranched alkanes of at least 4 members (excludes halogenated alkanes) is 3. The van der Waals surface area contributed by atoms with Crippen LogP contribution in [0.25, 0.3) is 0 Å². The molecular formula is C28H42F2O. The number of halogens is 2. The van der Waals surface area contributed by atoms with Crippen molar-refractivity contribution in [2.75, 3.05) is 6.61 Å². The van der Waals surface area contributed by atoms with E-state index in [4.69, 9.17) is 4.74 Å². The van der Waals surface area contributed by atoms with Gasteiger partial charge in [-0.3, -0.25) is 0 Å². The lowest BCUT2D eigenvalue weighted by molar-refractivity contribution is 0.160. The van der Waals surface area contributed by atoms with E-state index < -0.39 is 11.6 Å². The van der Waals surface area contributed by atoms with Crippen LogP contribution in [-0.2, 0) is 0 Å². The zero-order chi connectivity index (χ0) is 22.1. The Morgan fingerprint density at radius 1 is 0.871 bits per heavy atom. The van der Waals surface area contributed by atoms with Crippen molar-refractivity contribution in [3.05, 3.63) is 41.5 Å². The van der Waals surface area contributed by atoms with Gasteiger partial charge in [-0.15, -0.1) is 0 Å². The minimum atomic E-state index is -0.797. The lowest BCUT2D eigenvalue weighted by atomic mass is 9.68. The molecule has 0 spiro atoms. The standard InChI is InChI=1S/C28H42F2O/c1-3-5-7-8-20-31-26-19-18-25(27(29)28(26)30)24-16-14-23(15-17-24)22-12-10-21(11-13-22)9-6-4-2/h4,6,18-19,21-24H,3,5,7-17,20H2,1-2H3/b6-4-. The minimum Gasteiger partial charge on any atom is -0.490 e. The predicted molar refractivity (Wildman–Crippen MR) is 126 cm³/mol. The van der Waals surface area contributed by atoms with Crippen molar-refractivity contribution >= 4 is 0 Å². The average molecular weight is 433 g/mol. The highest BCUT2D eigenvalue weighted by Gasteiger charge is 2.32. The number of benzene rings is 1. The summed E-state index contributed by atoms with van der Waals surface area (Å²) in [5.41, 5.74) is 0.560. The van der Waals surface area contributed by atoms with Crippen LogP contribution in [-0.4, -0.2) is 6.61 Å². The van der Waals surface area contributed by atoms with Crippen LogP contribution < -0.4 is 4.74 Å². The third-order valence-corrected chi connectivity index (χ3v) is 7.81. The summed E-state index contributed by atoms with van der Waals surface area (Å²) in [6, 6.07) is 3.42. The highest BCUT2D eigenvalue weighted by atomic mass is 19.2. The summed E-state index contributed by atoms with van der Waals surface area (Å²) in [6.45, 7) is 4.71. The number of ether oxygens (including phenoxy) is 1. The molecule has 0 aromatic heterocycles. The van der Waals surface area contributed by atoms with Gasteiger partial charge in [0.25, 0.3) is 0 Å². The van der Waals surface area contributed by atoms with E-state index in [1.807, 2.05) is 0 Å². The van der Waals surface area contributed by atoms with E-state index in [0.717, 1.165) is 69.1 Å². The van der Waals surface area contributed by atoms with Crippen molar-refractivity contribution in [3.8, 4) is 5.75 Å². The second-order valence-corrected chi connectivity index (χ2v) is 9.89. The smallest absolute Gasteiger partial charge is 0.200 e. The van der Waals surface area contributed by atoms with Crippen molar-refractivity contribution in [1.29, 1.82) is 0 Å². The zero-order valence-corrected chi connectivity index (χ0v) is 19.7. The van der Waals surface area contributed by atoms with Crippen LogP contribution >= 0.6 is 0 Å². The molecule has 0 aliphatic heterocycles. The van der Waals surface area contributed by atoms with E-state index in [2.05, 4.69) is 26.0 Å². The quantitative estimate of drug-likeness (QED) is 0.265. The van der Waals surface area contributed by atoms with Crippen LogP contribution in [0.1, 0.15) is 109 Å². The van der Waals surface area contributed by atoms with Crippen molar-refractivity contribution < 1.29 is 13.5 Å². The lowest BCUT2D eigenvalue weighted by Crippen LogP contribution is -2.25. The van der Waals surface area contributed by atoms with Crippen molar-refractivity contribution in [2.45, 2.75) is 103 Å². The Kier molecular flexibility index (Phi) is 9.87. The molecule has 31 heavy (non-hydrogen) atoms. The minimum absolute atomic E-state index is 0.0705. The molecule has 174 valence electrons. The van der Waals surface area contributed by atoms with Gasteiger partial charge in [0.05, 0.1) is 6.61 Å². The Labute approximate surface area is 188 Å². The first-order chi connectivity index (χ1) is 15.1. The monoisotopic (exact) mass is 432 g/mol. The molecule has 2 aliphatic carbocycles. The molecule has 0 atom stereocenters. The molecule has 1 aromatic rings. The molecule has 3 heteroatoms. The van der Waals surface area contributed by atoms with Gasteiger partial charge in [-0.1, -0.05) is 44.4 Å². The Hall–Kier alpha value is -1.38. The molecule has 0 heterocycles. The Balaban J connectivity index is 1.47. The van der Waals surface area contributed by atoms with Gasteiger partial charge in [-0.2, -0.15) is 4.39 Å². The van der Waals surface area contributed by atoms with Gasteiger partial charge in [0.2, 0.25) is 5.82 Å². The van der Waals surface area contributed by atoms with Crippen LogP contribution in [0, 0.1) is 29.4 Å². The summed E-state index contributed by atoms with van der Waals surface area (Å²) in [5, 5.41) is 0. The fourth-order valence-electron chi connectivity index (χ4n) is 5.81. The van der Waals surface area contributed by atoms with Crippen LogP contribution in [0.5, 0.6) is 5.75 Å². The van der Waals surface area contributed by atoms with Gasteiger partial charge in [0, 0.05) is 0 Å². The summed E-state index contributed by atoms with van der Waals surface area (Å²) in [4.78, 5) is 0. The first kappa shape index (κ1) is 24.3. The van der Waals surface area contributed by atoms with Crippen LogP contribution in [0.4, 0.5) is 8.78 Å². The molecule has 1 nitrogen and oxygen atoms in total. The summed E-state index contributed by atoms with van der Waals surface area (Å²) in [5.74, 6) is 1.23. The van der Waals surface area contributed by atoms with Gasteiger partial charge in [0.15, 0.2) is 11.6 Å². The second-order valence-electron chi connectivity index (χ2n) is 9.89. The van der Waals surface area contributed by atoms with Crippen LogP contribution in [0.15, 0.2) is 24.3 Å². The molecule has 0 amide bonds. The van der Waals surface area contributed by atoms with E-state index in [1.54, 1.807) is 12.1 Å². The number of rotatable bonds is 10. The van der Waals surface area contributed by atoms with E-state index in [0.29, 0.717) is 12.2 Å². The van der Waals surface area contributed by atoms with Gasteiger partial charge >= 0.3 is 0 Å². The zero-order valence-electron chi connectivity index (χ0n) is 19.7. The number of hydrogen-bond donors (Lipinski definition) is 0. The van der Waals surface area contributed by atoms with Crippen LogP contribution in [0.3, 0.4) is 0 Å². The molecule has 1 aromatic carbocycles. The van der Waals surface area contributed by atoms with E-state index in [1.165, 1.54) is 32.1 Å². The molecule has 0 N–H and O–H groups in total. The topological polar surface area (TPSA) is 9.23 Å². The Morgan fingerprint density at radius 2 is 1.55 bits per heavy atom. The van der Waals surface area contributed by atoms with Gasteiger partial charge < -0.3 is 4.74 Å². The van der Waals surface area contributed by atoms with E-state index in [-0.39, 0.29) is 11.7 Å². The summed E-state index contributed by atoms with van der Waals surface area (Å²) in [6.07, 6.45) is 19.7. The van der Waals surface area contributed by atoms with Crippen molar-refractivity contribution in [1.82, 2.24) is 0 Å².